The van der Waals surface area contributed by atoms with Gasteiger partial charge >= 0.3 is 23.6 Å². The molecular formula is C22H14N2O4. The second-order valence-electron chi connectivity index (χ2n) is 6.51. The molecule has 1 saturated heterocycles. The summed E-state index contributed by atoms with van der Waals surface area (Å²) in [5.41, 5.74) is -0.346. The van der Waals surface area contributed by atoms with Crippen LogP contribution in [0.4, 0.5) is 16.2 Å². The molecule has 1 unspecified atom stereocenters. The number of anilines is 2. The number of esters is 1. The fourth-order valence-corrected chi connectivity index (χ4v) is 3.77. The Morgan fingerprint density at radius 1 is 0.679 bits per heavy atom. The normalized spacial score (nSPS) is 20.6. The highest BCUT2D eigenvalue weighted by Gasteiger charge is 2.66. The summed E-state index contributed by atoms with van der Waals surface area (Å²) in [6.07, 6.45) is 0. The van der Waals surface area contributed by atoms with Crippen LogP contribution in [-0.2, 0) is 15.3 Å². The molecule has 0 saturated carbocycles. The number of fused-ring (bicyclic) bond motifs is 2. The predicted molar refractivity (Wildman–Crippen MR) is 102 cm³/mol. The van der Waals surface area contributed by atoms with E-state index in [4.69, 9.17) is 4.74 Å². The van der Waals surface area contributed by atoms with E-state index in [2.05, 4.69) is 0 Å². The zero-order valence-electron chi connectivity index (χ0n) is 14.6. The molecule has 5 rings (SSSR count). The number of rotatable bonds is 2. The third-order valence-corrected chi connectivity index (χ3v) is 4.97. The van der Waals surface area contributed by atoms with Crippen molar-refractivity contribution in [2.24, 2.45) is 0 Å². The van der Waals surface area contributed by atoms with Crippen LogP contribution in [0.5, 0.6) is 0 Å². The van der Waals surface area contributed by atoms with Crippen molar-refractivity contribution >= 4 is 29.3 Å². The van der Waals surface area contributed by atoms with Gasteiger partial charge in [0.15, 0.2) is 0 Å². The van der Waals surface area contributed by atoms with Gasteiger partial charge in [-0.25, -0.2) is 19.4 Å². The number of carbonyl (C=O) groups excluding carboxylic acids is 3. The first kappa shape index (κ1) is 16.3. The van der Waals surface area contributed by atoms with E-state index in [0.29, 0.717) is 16.9 Å². The number of para-hydroxylation sites is 2. The summed E-state index contributed by atoms with van der Waals surface area (Å²) in [7, 11) is 0. The van der Waals surface area contributed by atoms with Crippen LogP contribution in [0, 0.1) is 0 Å². The smallest absolute Gasteiger partial charge is 0.341 e. The highest BCUT2D eigenvalue weighted by atomic mass is 16.6. The molecule has 0 N–H and O–H groups in total. The summed E-state index contributed by atoms with van der Waals surface area (Å²) in [5, 5.41) is 0. The van der Waals surface area contributed by atoms with Gasteiger partial charge in [-0.3, -0.25) is 4.79 Å². The molecule has 28 heavy (non-hydrogen) atoms. The maximum absolute atomic E-state index is 13.6. The van der Waals surface area contributed by atoms with Crippen LogP contribution < -0.4 is 9.80 Å². The van der Waals surface area contributed by atoms with Crippen molar-refractivity contribution in [1.29, 1.82) is 0 Å². The van der Waals surface area contributed by atoms with E-state index in [1.165, 1.54) is 4.90 Å². The van der Waals surface area contributed by atoms with Crippen molar-refractivity contribution in [3.8, 4) is 0 Å². The van der Waals surface area contributed by atoms with Gasteiger partial charge in [0.2, 0.25) is 0 Å². The van der Waals surface area contributed by atoms with E-state index >= 15 is 0 Å². The topological polar surface area (TPSA) is 66.9 Å². The summed E-state index contributed by atoms with van der Waals surface area (Å²) < 4.78 is 5.66. The highest BCUT2D eigenvalue weighted by molar-refractivity contribution is 6.31. The third kappa shape index (κ3) is 2.00. The number of amides is 3. The molecule has 3 aromatic rings. The Morgan fingerprint density at radius 3 is 1.93 bits per heavy atom. The van der Waals surface area contributed by atoms with E-state index in [0.717, 1.165) is 4.90 Å². The van der Waals surface area contributed by atoms with Gasteiger partial charge in [0.25, 0.3) is 0 Å². The van der Waals surface area contributed by atoms with Gasteiger partial charge in [-0.1, -0.05) is 54.6 Å². The molecule has 3 amide bonds. The van der Waals surface area contributed by atoms with Crippen molar-refractivity contribution in [2.75, 3.05) is 9.80 Å². The lowest BCUT2D eigenvalue weighted by molar-refractivity contribution is -0.133. The number of carbonyl (C=O) groups is 3. The Morgan fingerprint density at radius 2 is 1.25 bits per heavy atom. The average molecular weight is 370 g/mol. The molecule has 2 heterocycles. The van der Waals surface area contributed by atoms with Crippen molar-refractivity contribution in [3.63, 3.8) is 0 Å². The van der Waals surface area contributed by atoms with Gasteiger partial charge in [-0.15, -0.1) is 0 Å². The fraction of sp³-hybridized carbons (Fsp3) is 0.0455. The van der Waals surface area contributed by atoms with Gasteiger partial charge in [0.1, 0.15) is 0 Å². The molecule has 1 fully saturated rings. The number of imide groups is 1. The van der Waals surface area contributed by atoms with E-state index in [1.54, 1.807) is 78.9 Å². The van der Waals surface area contributed by atoms with Gasteiger partial charge in [-0.2, -0.15) is 0 Å². The summed E-state index contributed by atoms with van der Waals surface area (Å²) in [6, 6.07) is 23.4. The van der Waals surface area contributed by atoms with Crippen LogP contribution in [0.15, 0.2) is 84.9 Å². The summed E-state index contributed by atoms with van der Waals surface area (Å²) in [6.45, 7) is 0. The fourth-order valence-electron chi connectivity index (χ4n) is 3.77. The SMILES string of the molecule is O=C1OC2(C(=O)N(c3ccccc3)C(=O)N2c2ccccc2)c2ccccc21. The standard InChI is InChI=1S/C22H14N2O4/c25-19-17-13-7-8-14-18(17)22(28-19)20(26)23(15-9-3-1-4-10-15)21(27)24(22)16-11-5-2-6-12-16/h1-14H. The van der Waals surface area contributed by atoms with Gasteiger partial charge < -0.3 is 4.74 Å². The lowest BCUT2D eigenvalue weighted by Crippen LogP contribution is -2.47. The lowest BCUT2D eigenvalue weighted by Gasteiger charge is -2.30. The van der Waals surface area contributed by atoms with Crippen molar-refractivity contribution in [2.45, 2.75) is 5.72 Å². The van der Waals surface area contributed by atoms with Crippen molar-refractivity contribution in [3.05, 3.63) is 96.1 Å². The van der Waals surface area contributed by atoms with Crippen LogP contribution in [0.3, 0.4) is 0 Å². The summed E-state index contributed by atoms with van der Waals surface area (Å²) in [4.78, 5) is 41.9. The zero-order valence-corrected chi connectivity index (χ0v) is 14.6. The Kier molecular flexibility index (Phi) is 3.36. The lowest BCUT2D eigenvalue weighted by atomic mass is 9.98. The largest absolute Gasteiger partial charge is 0.420 e. The minimum Gasteiger partial charge on any atom is -0.420 e. The third-order valence-electron chi connectivity index (χ3n) is 4.97. The second kappa shape index (κ2) is 5.79. The maximum Gasteiger partial charge on any atom is 0.341 e. The first-order valence-corrected chi connectivity index (χ1v) is 8.76. The van der Waals surface area contributed by atoms with Crippen LogP contribution in [0.1, 0.15) is 15.9 Å². The Bertz CT molecular complexity index is 1110. The van der Waals surface area contributed by atoms with Crippen LogP contribution in [-0.4, -0.2) is 17.9 Å². The average Bonchev–Trinajstić information content (AvgIpc) is 3.15. The van der Waals surface area contributed by atoms with E-state index in [1.807, 2.05) is 6.07 Å². The number of benzene rings is 3. The Hall–Kier alpha value is -3.93. The quantitative estimate of drug-likeness (QED) is 0.510. The molecule has 6 nitrogen and oxygen atoms in total. The first-order chi connectivity index (χ1) is 13.6. The molecule has 0 bridgehead atoms. The van der Waals surface area contributed by atoms with Gasteiger partial charge in [0.05, 0.1) is 16.9 Å². The van der Waals surface area contributed by atoms with Crippen LogP contribution in [0.25, 0.3) is 0 Å². The minimum absolute atomic E-state index is 0.277. The molecule has 6 heteroatoms. The monoisotopic (exact) mass is 370 g/mol. The Balaban J connectivity index is 1.78. The summed E-state index contributed by atoms with van der Waals surface area (Å²) >= 11 is 0. The number of hydrogen-bond acceptors (Lipinski definition) is 4. The van der Waals surface area contributed by atoms with Crippen molar-refractivity contribution < 1.29 is 19.1 Å². The molecule has 1 atom stereocenters. The molecule has 3 aromatic carbocycles. The molecule has 0 radical (unpaired) electrons. The highest BCUT2D eigenvalue weighted by Crippen LogP contribution is 2.48. The van der Waals surface area contributed by atoms with E-state index < -0.39 is 23.6 Å². The number of ether oxygens (including phenoxy) is 1. The summed E-state index contributed by atoms with van der Waals surface area (Å²) in [5.74, 6) is -1.25. The predicted octanol–water partition coefficient (Wildman–Crippen LogP) is 3.68. The minimum atomic E-state index is -1.86. The van der Waals surface area contributed by atoms with Gasteiger partial charge in [-0.05, 0) is 30.3 Å². The number of urea groups is 1. The molecule has 2 aliphatic heterocycles. The molecule has 0 aromatic heterocycles. The molecule has 136 valence electrons. The van der Waals surface area contributed by atoms with Gasteiger partial charge in [0, 0.05) is 5.56 Å². The number of nitrogens with zero attached hydrogens (tertiary/aromatic N) is 2. The molecule has 1 spiro atoms. The van der Waals surface area contributed by atoms with Crippen molar-refractivity contribution in [1.82, 2.24) is 0 Å². The number of hydrogen-bond donors (Lipinski definition) is 0. The Labute approximate surface area is 160 Å². The van der Waals surface area contributed by atoms with Crippen LogP contribution in [0.2, 0.25) is 0 Å². The second-order valence-corrected chi connectivity index (χ2v) is 6.51. The van der Waals surface area contributed by atoms with E-state index in [9.17, 15) is 14.4 Å². The zero-order chi connectivity index (χ0) is 19.3. The molecule has 2 aliphatic rings. The van der Waals surface area contributed by atoms with Crippen LogP contribution >= 0.6 is 0 Å². The first-order valence-electron chi connectivity index (χ1n) is 8.76. The van der Waals surface area contributed by atoms with E-state index in [-0.39, 0.29) is 5.56 Å². The maximum atomic E-state index is 13.6. The molecular weight excluding hydrogens is 356 g/mol. The molecule has 0 aliphatic carbocycles.